The SMILES string of the molecule is COc1cccc(C/C(=N/Nc2ccccc2)C(=N)C(=O)Nc2ccccc2)c1. The highest BCUT2D eigenvalue weighted by Crippen LogP contribution is 2.14. The van der Waals surface area contributed by atoms with Crippen molar-refractivity contribution >= 4 is 28.7 Å². The molecule has 1 amide bonds. The van der Waals surface area contributed by atoms with Crippen molar-refractivity contribution in [2.75, 3.05) is 17.9 Å². The van der Waals surface area contributed by atoms with Gasteiger partial charge in [0.1, 0.15) is 11.5 Å². The topological polar surface area (TPSA) is 86.6 Å². The maximum Gasteiger partial charge on any atom is 0.275 e. The second-order valence-electron chi connectivity index (χ2n) is 6.26. The summed E-state index contributed by atoms with van der Waals surface area (Å²) in [6.45, 7) is 0. The van der Waals surface area contributed by atoms with Gasteiger partial charge >= 0.3 is 0 Å². The zero-order valence-corrected chi connectivity index (χ0v) is 16.1. The average molecular weight is 386 g/mol. The first-order valence-corrected chi connectivity index (χ1v) is 9.11. The normalized spacial score (nSPS) is 10.9. The van der Waals surface area contributed by atoms with E-state index < -0.39 is 5.91 Å². The van der Waals surface area contributed by atoms with Crippen LogP contribution in [0, 0.1) is 5.41 Å². The first-order valence-electron chi connectivity index (χ1n) is 9.11. The Morgan fingerprint density at radius 3 is 2.24 bits per heavy atom. The summed E-state index contributed by atoms with van der Waals surface area (Å²) in [6.07, 6.45) is 0.304. The quantitative estimate of drug-likeness (QED) is 0.397. The van der Waals surface area contributed by atoms with Crippen LogP contribution in [-0.2, 0) is 11.2 Å². The van der Waals surface area contributed by atoms with Gasteiger partial charge in [0.2, 0.25) is 0 Å². The zero-order chi connectivity index (χ0) is 20.5. The Morgan fingerprint density at radius 1 is 0.931 bits per heavy atom. The summed E-state index contributed by atoms with van der Waals surface area (Å²) in [6, 6.07) is 25.9. The minimum absolute atomic E-state index is 0.208. The summed E-state index contributed by atoms with van der Waals surface area (Å²) in [5.41, 5.74) is 5.32. The Balaban J connectivity index is 1.82. The number of amides is 1. The summed E-state index contributed by atoms with van der Waals surface area (Å²) in [5.74, 6) is 0.186. The van der Waals surface area contributed by atoms with Crippen molar-refractivity contribution < 1.29 is 9.53 Å². The van der Waals surface area contributed by atoms with Crippen LogP contribution in [0.5, 0.6) is 5.75 Å². The van der Waals surface area contributed by atoms with Gasteiger partial charge in [-0.2, -0.15) is 5.10 Å². The maximum absolute atomic E-state index is 12.6. The van der Waals surface area contributed by atoms with Crippen molar-refractivity contribution in [3.05, 3.63) is 90.5 Å². The van der Waals surface area contributed by atoms with Crippen LogP contribution >= 0.6 is 0 Å². The van der Waals surface area contributed by atoms with Crippen LogP contribution < -0.4 is 15.5 Å². The molecule has 0 fully saturated rings. The van der Waals surface area contributed by atoms with Crippen LogP contribution in [0.15, 0.2) is 90.0 Å². The standard InChI is InChI=1S/C23H22N4O2/c1-29-20-14-8-9-17(15-20)16-21(27-26-19-12-6-3-7-13-19)22(24)23(28)25-18-10-4-2-5-11-18/h2-15,24,26H,16H2,1H3,(H,25,28)/b24-22?,27-21-. The number of hydrazone groups is 1. The van der Waals surface area contributed by atoms with Crippen molar-refractivity contribution in [1.29, 1.82) is 5.41 Å². The number of anilines is 2. The predicted octanol–water partition coefficient (Wildman–Crippen LogP) is 4.36. The van der Waals surface area contributed by atoms with Crippen molar-refractivity contribution in [3.63, 3.8) is 0 Å². The number of carbonyl (C=O) groups is 1. The van der Waals surface area contributed by atoms with Gasteiger partial charge in [-0.25, -0.2) is 0 Å². The lowest BCUT2D eigenvalue weighted by Gasteiger charge is -2.11. The number of ether oxygens (including phenoxy) is 1. The number of para-hydroxylation sites is 2. The van der Waals surface area contributed by atoms with E-state index in [1.807, 2.05) is 72.8 Å². The summed E-state index contributed by atoms with van der Waals surface area (Å²) in [5, 5.41) is 15.5. The second-order valence-corrected chi connectivity index (χ2v) is 6.26. The molecule has 146 valence electrons. The van der Waals surface area contributed by atoms with Gasteiger partial charge in [0.15, 0.2) is 0 Å². The van der Waals surface area contributed by atoms with E-state index >= 15 is 0 Å². The lowest BCUT2D eigenvalue weighted by Crippen LogP contribution is -2.31. The van der Waals surface area contributed by atoms with E-state index in [9.17, 15) is 4.79 Å². The molecule has 0 saturated heterocycles. The molecule has 0 saturated carbocycles. The van der Waals surface area contributed by atoms with Crippen LogP contribution in [0.25, 0.3) is 0 Å². The predicted molar refractivity (Wildman–Crippen MR) is 117 cm³/mol. The van der Waals surface area contributed by atoms with E-state index in [-0.39, 0.29) is 5.71 Å². The Morgan fingerprint density at radius 2 is 1.59 bits per heavy atom. The van der Waals surface area contributed by atoms with E-state index in [2.05, 4.69) is 15.8 Å². The van der Waals surface area contributed by atoms with Crippen LogP contribution in [0.1, 0.15) is 5.56 Å². The van der Waals surface area contributed by atoms with Crippen molar-refractivity contribution in [3.8, 4) is 5.75 Å². The monoisotopic (exact) mass is 386 g/mol. The van der Waals surface area contributed by atoms with E-state index in [0.29, 0.717) is 23.6 Å². The average Bonchev–Trinajstić information content (AvgIpc) is 2.77. The molecule has 0 aliphatic heterocycles. The molecule has 3 aromatic carbocycles. The minimum atomic E-state index is -0.521. The molecule has 0 aromatic heterocycles. The molecular weight excluding hydrogens is 364 g/mol. The minimum Gasteiger partial charge on any atom is -0.497 e. The van der Waals surface area contributed by atoms with Crippen LogP contribution in [0.4, 0.5) is 11.4 Å². The van der Waals surface area contributed by atoms with Gasteiger partial charge in [-0.1, -0.05) is 48.5 Å². The van der Waals surface area contributed by atoms with E-state index in [0.717, 1.165) is 11.3 Å². The molecule has 0 radical (unpaired) electrons. The fourth-order valence-electron chi connectivity index (χ4n) is 2.65. The number of benzene rings is 3. The van der Waals surface area contributed by atoms with Gasteiger partial charge in [-0.3, -0.25) is 15.6 Å². The third-order valence-corrected chi connectivity index (χ3v) is 4.15. The highest BCUT2D eigenvalue weighted by Gasteiger charge is 2.18. The van der Waals surface area contributed by atoms with E-state index in [1.165, 1.54) is 0 Å². The molecule has 0 aliphatic carbocycles. The molecular formula is C23H22N4O2. The van der Waals surface area contributed by atoms with Crippen LogP contribution in [0.2, 0.25) is 0 Å². The third kappa shape index (κ3) is 5.77. The lowest BCUT2D eigenvalue weighted by atomic mass is 10.0. The fraction of sp³-hybridized carbons (Fsp3) is 0.0870. The smallest absolute Gasteiger partial charge is 0.275 e. The molecule has 3 aromatic rings. The maximum atomic E-state index is 12.6. The zero-order valence-electron chi connectivity index (χ0n) is 16.1. The molecule has 0 unspecified atom stereocenters. The molecule has 0 aliphatic rings. The van der Waals surface area contributed by atoms with Gasteiger partial charge in [-0.05, 0) is 42.0 Å². The third-order valence-electron chi connectivity index (χ3n) is 4.15. The van der Waals surface area contributed by atoms with Gasteiger partial charge < -0.3 is 10.1 Å². The molecule has 29 heavy (non-hydrogen) atoms. The summed E-state index contributed by atoms with van der Waals surface area (Å²) >= 11 is 0. The number of hydrogen-bond donors (Lipinski definition) is 3. The number of methoxy groups -OCH3 is 1. The fourth-order valence-corrected chi connectivity index (χ4v) is 2.65. The second kappa shape index (κ2) is 9.85. The van der Waals surface area contributed by atoms with Gasteiger partial charge in [-0.15, -0.1) is 0 Å². The lowest BCUT2D eigenvalue weighted by molar-refractivity contribution is -0.110. The summed E-state index contributed by atoms with van der Waals surface area (Å²) in [7, 11) is 1.60. The summed E-state index contributed by atoms with van der Waals surface area (Å²) in [4.78, 5) is 12.6. The first-order chi connectivity index (χ1) is 14.2. The van der Waals surface area contributed by atoms with Crippen LogP contribution in [-0.4, -0.2) is 24.4 Å². The van der Waals surface area contributed by atoms with Gasteiger partial charge in [0.25, 0.3) is 5.91 Å². The van der Waals surface area contributed by atoms with Crippen molar-refractivity contribution in [1.82, 2.24) is 0 Å². The van der Waals surface area contributed by atoms with E-state index in [1.54, 1.807) is 19.2 Å². The Bertz CT molecular complexity index is 1000. The van der Waals surface area contributed by atoms with Crippen LogP contribution in [0.3, 0.4) is 0 Å². The molecule has 6 nitrogen and oxygen atoms in total. The highest BCUT2D eigenvalue weighted by molar-refractivity contribution is 6.68. The van der Waals surface area contributed by atoms with E-state index in [4.69, 9.17) is 10.1 Å². The molecule has 6 heteroatoms. The number of nitrogens with zero attached hydrogens (tertiary/aromatic N) is 1. The largest absolute Gasteiger partial charge is 0.497 e. The molecule has 0 atom stereocenters. The van der Waals surface area contributed by atoms with Gasteiger partial charge in [0.05, 0.1) is 18.5 Å². The molecule has 0 bridgehead atoms. The molecule has 0 spiro atoms. The Labute approximate surface area is 169 Å². The summed E-state index contributed by atoms with van der Waals surface area (Å²) < 4.78 is 5.26. The molecule has 3 rings (SSSR count). The highest BCUT2D eigenvalue weighted by atomic mass is 16.5. The molecule has 3 N–H and O–H groups in total. The van der Waals surface area contributed by atoms with Crippen molar-refractivity contribution in [2.24, 2.45) is 5.10 Å². The Kier molecular flexibility index (Phi) is 6.73. The van der Waals surface area contributed by atoms with Gasteiger partial charge in [0, 0.05) is 12.1 Å². The van der Waals surface area contributed by atoms with Crippen molar-refractivity contribution in [2.45, 2.75) is 6.42 Å². The number of hydrogen-bond acceptors (Lipinski definition) is 5. The first kappa shape index (κ1) is 19.8. The number of carbonyl (C=O) groups excluding carboxylic acids is 1. The molecule has 0 heterocycles. The number of rotatable bonds is 8. The number of nitrogens with one attached hydrogen (secondary N) is 3. The Hall–Kier alpha value is -3.93.